The van der Waals surface area contributed by atoms with Gasteiger partial charge in [-0.15, -0.1) is 0 Å². The number of benzene rings is 1. The molecule has 1 amide bonds. The van der Waals surface area contributed by atoms with E-state index in [-0.39, 0.29) is 11.3 Å². The van der Waals surface area contributed by atoms with Crippen molar-refractivity contribution in [3.63, 3.8) is 0 Å². The average Bonchev–Trinajstić information content (AvgIpc) is 2.91. The fourth-order valence-electron chi connectivity index (χ4n) is 1.79. The van der Waals surface area contributed by atoms with E-state index in [1.54, 1.807) is 6.20 Å². The molecule has 0 aliphatic heterocycles. The van der Waals surface area contributed by atoms with Gasteiger partial charge in [0.25, 0.3) is 0 Å². The molecule has 1 aromatic heterocycles. The van der Waals surface area contributed by atoms with E-state index in [4.69, 9.17) is 5.73 Å². The van der Waals surface area contributed by atoms with Gasteiger partial charge in [-0.25, -0.2) is 0 Å². The largest absolute Gasteiger partial charge is 0.325 e. The van der Waals surface area contributed by atoms with Crippen LogP contribution in [0.1, 0.15) is 20.8 Å². The van der Waals surface area contributed by atoms with Crippen LogP contribution in [0.2, 0.25) is 0 Å². The SMILES string of the molecule is CC(C)(C)C(N)C(=O)Nc1cccc(-c2ccn[nH]2)c1. The normalized spacial score (nSPS) is 13.0. The molecule has 0 aliphatic carbocycles. The molecule has 0 aliphatic rings. The van der Waals surface area contributed by atoms with Gasteiger partial charge in [0.05, 0.1) is 11.7 Å². The quantitative estimate of drug-likeness (QED) is 0.802. The van der Waals surface area contributed by atoms with E-state index >= 15 is 0 Å². The lowest BCUT2D eigenvalue weighted by molar-refractivity contribution is -0.119. The molecule has 2 aromatic rings. The number of amides is 1. The number of aromatic nitrogens is 2. The van der Waals surface area contributed by atoms with Crippen LogP contribution in [0, 0.1) is 5.41 Å². The zero-order valence-electron chi connectivity index (χ0n) is 12.0. The van der Waals surface area contributed by atoms with Crippen molar-refractivity contribution in [2.45, 2.75) is 26.8 Å². The van der Waals surface area contributed by atoms with Crippen LogP contribution in [0.25, 0.3) is 11.3 Å². The molecule has 1 atom stereocenters. The van der Waals surface area contributed by atoms with Crippen molar-refractivity contribution in [2.24, 2.45) is 11.1 Å². The molecule has 0 radical (unpaired) electrons. The van der Waals surface area contributed by atoms with Crippen molar-refractivity contribution in [1.29, 1.82) is 0 Å². The third-order valence-electron chi connectivity index (χ3n) is 3.16. The van der Waals surface area contributed by atoms with Crippen molar-refractivity contribution < 1.29 is 4.79 Å². The zero-order chi connectivity index (χ0) is 14.8. The summed E-state index contributed by atoms with van der Waals surface area (Å²) in [6, 6.07) is 8.88. The van der Waals surface area contributed by atoms with Crippen LogP contribution < -0.4 is 11.1 Å². The molecule has 4 N–H and O–H groups in total. The van der Waals surface area contributed by atoms with Crippen molar-refractivity contribution in [2.75, 3.05) is 5.32 Å². The van der Waals surface area contributed by atoms with Gasteiger partial charge in [-0.05, 0) is 23.6 Å². The van der Waals surface area contributed by atoms with Crippen molar-refractivity contribution in [1.82, 2.24) is 10.2 Å². The van der Waals surface area contributed by atoms with E-state index in [2.05, 4.69) is 15.5 Å². The Morgan fingerprint density at radius 3 is 2.70 bits per heavy atom. The summed E-state index contributed by atoms with van der Waals surface area (Å²) in [5, 5.41) is 9.66. The summed E-state index contributed by atoms with van der Waals surface area (Å²) in [6.07, 6.45) is 1.69. The molecule has 0 fully saturated rings. The van der Waals surface area contributed by atoms with Crippen LogP contribution in [0.15, 0.2) is 36.5 Å². The second-order valence-corrected chi connectivity index (χ2v) is 5.88. The van der Waals surface area contributed by atoms with E-state index in [0.717, 1.165) is 16.9 Å². The van der Waals surface area contributed by atoms with E-state index in [1.807, 2.05) is 51.1 Å². The van der Waals surface area contributed by atoms with Crippen LogP contribution in [-0.4, -0.2) is 22.1 Å². The number of carbonyl (C=O) groups is 1. The number of hydrogen-bond acceptors (Lipinski definition) is 3. The van der Waals surface area contributed by atoms with Gasteiger partial charge in [0, 0.05) is 17.4 Å². The van der Waals surface area contributed by atoms with E-state index in [9.17, 15) is 4.79 Å². The fraction of sp³-hybridized carbons (Fsp3) is 0.333. The number of anilines is 1. The zero-order valence-corrected chi connectivity index (χ0v) is 12.0. The predicted molar refractivity (Wildman–Crippen MR) is 80.1 cm³/mol. The van der Waals surface area contributed by atoms with Gasteiger partial charge in [-0.2, -0.15) is 5.10 Å². The lowest BCUT2D eigenvalue weighted by Crippen LogP contribution is -2.45. The van der Waals surface area contributed by atoms with Crippen LogP contribution >= 0.6 is 0 Å². The summed E-state index contributed by atoms with van der Waals surface area (Å²) in [6.45, 7) is 5.83. The Labute approximate surface area is 118 Å². The number of nitrogens with one attached hydrogen (secondary N) is 2. The molecule has 1 aromatic carbocycles. The number of H-pyrrole nitrogens is 1. The Morgan fingerprint density at radius 1 is 1.35 bits per heavy atom. The summed E-state index contributed by atoms with van der Waals surface area (Å²) < 4.78 is 0. The maximum absolute atomic E-state index is 12.1. The first-order valence-electron chi connectivity index (χ1n) is 6.54. The van der Waals surface area contributed by atoms with Crippen LogP contribution in [-0.2, 0) is 4.79 Å². The Morgan fingerprint density at radius 2 is 2.10 bits per heavy atom. The molecule has 20 heavy (non-hydrogen) atoms. The predicted octanol–water partition coefficient (Wildman–Crippen LogP) is 2.39. The van der Waals surface area contributed by atoms with Gasteiger partial charge in [0.2, 0.25) is 5.91 Å². The minimum atomic E-state index is -0.557. The summed E-state index contributed by atoms with van der Waals surface area (Å²) >= 11 is 0. The monoisotopic (exact) mass is 272 g/mol. The van der Waals surface area contributed by atoms with Gasteiger partial charge in [-0.3, -0.25) is 9.89 Å². The summed E-state index contributed by atoms with van der Waals surface area (Å²) in [5.74, 6) is -0.181. The standard InChI is InChI=1S/C15H20N4O/c1-15(2,3)13(16)14(20)18-11-6-4-5-10(9-11)12-7-8-17-19-12/h4-9,13H,16H2,1-3H3,(H,17,19)(H,18,20). The smallest absolute Gasteiger partial charge is 0.241 e. The second-order valence-electron chi connectivity index (χ2n) is 5.88. The van der Waals surface area contributed by atoms with E-state index in [1.165, 1.54) is 0 Å². The first-order chi connectivity index (χ1) is 9.38. The van der Waals surface area contributed by atoms with Gasteiger partial charge in [-0.1, -0.05) is 32.9 Å². The molecular formula is C15H20N4O. The number of nitrogens with two attached hydrogens (primary N) is 1. The molecule has 106 valence electrons. The Balaban J connectivity index is 2.15. The van der Waals surface area contributed by atoms with Gasteiger partial charge < -0.3 is 11.1 Å². The summed E-state index contributed by atoms with van der Waals surface area (Å²) in [5.41, 5.74) is 8.26. The van der Waals surface area contributed by atoms with Crippen LogP contribution in [0.4, 0.5) is 5.69 Å². The molecule has 0 saturated carbocycles. The Kier molecular flexibility index (Phi) is 3.90. The average molecular weight is 272 g/mol. The maximum atomic E-state index is 12.1. The Bertz CT molecular complexity index is 584. The first kappa shape index (κ1) is 14.3. The molecule has 1 heterocycles. The first-order valence-corrected chi connectivity index (χ1v) is 6.54. The van der Waals surface area contributed by atoms with Gasteiger partial charge in [0.1, 0.15) is 0 Å². The highest BCUT2D eigenvalue weighted by atomic mass is 16.2. The molecule has 5 nitrogen and oxygen atoms in total. The van der Waals surface area contributed by atoms with Gasteiger partial charge in [0.15, 0.2) is 0 Å². The van der Waals surface area contributed by atoms with E-state index < -0.39 is 6.04 Å². The molecule has 0 spiro atoms. The fourth-order valence-corrected chi connectivity index (χ4v) is 1.79. The molecular weight excluding hydrogens is 252 g/mol. The maximum Gasteiger partial charge on any atom is 0.241 e. The topological polar surface area (TPSA) is 83.8 Å². The highest BCUT2D eigenvalue weighted by Crippen LogP contribution is 2.22. The summed E-state index contributed by atoms with van der Waals surface area (Å²) in [7, 11) is 0. The number of carbonyl (C=O) groups excluding carboxylic acids is 1. The highest BCUT2D eigenvalue weighted by molar-refractivity contribution is 5.95. The number of hydrogen-bond donors (Lipinski definition) is 3. The second kappa shape index (κ2) is 5.46. The molecule has 0 saturated heterocycles. The number of nitrogens with zero attached hydrogens (tertiary/aromatic N) is 1. The van der Waals surface area contributed by atoms with Crippen molar-refractivity contribution in [3.8, 4) is 11.3 Å². The third-order valence-corrected chi connectivity index (χ3v) is 3.16. The lowest BCUT2D eigenvalue weighted by Gasteiger charge is -2.25. The third kappa shape index (κ3) is 3.24. The molecule has 5 heteroatoms. The Hall–Kier alpha value is -2.14. The lowest BCUT2D eigenvalue weighted by atomic mass is 9.87. The number of rotatable bonds is 3. The minimum absolute atomic E-state index is 0.181. The molecule has 0 bridgehead atoms. The van der Waals surface area contributed by atoms with Crippen molar-refractivity contribution in [3.05, 3.63) is 36.5 Å². The van der Waals surface area contributed by atoms with Crippen LogP contribution in [0.3, 0.4) is 0 Å². The van der Waals surface area contributed by atoms with Crippen LogP contribution in [0.5, 0.6) is 0 Å². The van der Waals surface area contributed by atoms with E-state index in [0.29, 0.717) is 0 Å². The van der Waals surface area contributed by atoms with Crippen molar-refractivity contribution >= 4 is 11.6 Å². The molecule has 2 rings (SSSR count). The van der Waals surface area contributed by atoms with Gasteiger partial charge >= 0.3 is 0 Å². The minimum Gasteiger partial charge on any atom is -0.325 e. The highest BCUT2D eigenvalue weighted by Gasteiger charge is 2.27. The number of aromatic amines is 1. The summed E-state index contributed by atoms with van der Waals surface area (Å²) in [4.78, 5) is 12.1. The molecule has 1 unspecified atom stereocenters.